The van der Waals surface area contributed by atoms with E-state index in [1.54, 1.807) is 18.2 Å². The molecule has 0 radical (unpaired) electrons. The first-order valence-electron chi connectivity index (χ1n) is 11.6. The lowest BCUT2D eigenvalue weighted by molar-refractivity contribution is 0.0270. The lowest BCUT2D eigenvalue weighted by atomic mass is 9.87. The molecule has 1 fully saturated rings. The molecule has 174 valence electrons. The molecule has 1 atom stereocenters. The number of pyridine rings is 1. The quantitative estimate of drug-likeness (QED) is 0.394. The Morgan fingerprint density at radius 1 is 1.25 bits per heavy atom. The molecule has 2 aromatic heterocycles. The molecular formula is C24H35N5O3. The smallest absolute Gasteiger partial charge is 0.152 e. The molecule has 1 saturated carbocycles. The predicted octanol–water partition coefficient (Wildman–Crippen LogP) is 3.68. The summed E-state index contributed by atoms with van der Waals surface area (Å²) in [5.74, 6) is 1.54. The minimum Gasteiger partial charge on any atom is -0.508 e. The fourth-order valence-corrected chi connectivity index (χ4v) is 4.83. The standard InChI is InChI=1S/C24H35N5O3/c1-4-32-13-19-27-20-21(17-12-16(30)10-11-18(17)26-22(20)25)29(19)14-24(2,3)28-23(31)15-8-6-5-7-9-15/h10-12,15,23,28,30-31H,4-9,13-14H2,1-3H3,(H2,25,26). The first kappa shape index (κ1) is 22.8. The molecule has 5 N–H and O–H groups in total. The van der Waals surface area contributed by atoms with Crippen LogP contribution < -0.4 is 11.1 Å². The number of aromatic nitrogens is 3. The van der Waals surface area contributed by atoms with E-state index in [1.807, 2.05) is 6.92 Å². The third kappa shape index (κ3) is 4.67. The maximum atomic E-state index is 10.9. The van der Waals surface area contributed by atoms with Crippen molar-refractivity contribution in [2.24, 2.45) is 5.92 Å². The van der Waals surface area contributed by atoms with Gasteiger partial charge in [-0.1, -0.05) is 19.3 Å². The number of ether oxygens (including phenoxy) is 1. The number of benzene rings is 1. The fourth-order valence-electron chi connectivity index (χ4n) is 4.83. The number of phenolic OH excluding ortho intramolecular Hbond substituents is 1. The summed E-state index contributed by atoms with van der Waals surface area (Å²) < 4.78 is 7.78. The number of hydrogen-bond acceptors (Lipinski definition) is 7. The average Bonchev–Trinajstić information content (AvgIpc) is 3.11. The van der Waals surface area contributed by atoms with E-state index >= 15 is 0 Å². The Balaban J connectivity index is 1.75. The summed E-state index contributed by atoms with van der Waals surface area (Å²) in [6.07, 6.45) is 5.17. The van der Waals surface area contributed by atoms with Crippen LogP contribution in [0.2, 0.25) is 0 Å². The Labute approximate surface area is 188 Å². The molecule has 1 unspecified atom stereocenters. The van der Waals surface area contributed by atoms with Crippen LogP contribution in [0.5, 0.6) is 5.75 Å². The third-order valence-corrected chi connectivity index (χ3v) is 6.39. The highest BCUT2D eigenvalue weighted by molar-refractivity contribution is 6.07. The molecule has 8 nitrogen and oxygen atoms in total. The molecule has 1 aromatic carbocycles. The normalized spacial score (nSPS) is 16.8. The van der Waals surface area contributed by atoms with Crippen molar-refractivity contribution in [1.82, 2.24) is 19.9 Å². The number of aliphatic hydroxyl groups excluding tert-OH is 1. The summed E-state index contributed by atoms with van der Waals surface area (Å²) >= 11 is 0. The van der Waals surface area contributed by atoms with Crippen LogP contribution in [0.25, 0.3) is 21.9 Å². The van der Waals surface area contributed by atoms with Gasteiger partial charge in [0.2, 0.25) is 0 Å². The minimum absolute atomic E-state index is 0.162. The Morgan fingerprint density at radius 2 is 2.00 bits per heavy atom. The van der Waals surface area contributed by atoms with Gasteiger partial charge >= 0.3 is 0 Å². The zero-order valence-electron chi connectivity index (χ0n) is 19.3. The maximum Gasteiger partial charge on any atom is 0.152 e. The van der Waals surface area contributed by atoms with E-state index in [2.05, 4.69) is 28.7 Å². The number of nitrogens with two attached hydrogens (primary N) is 1. The molecule has 32 heavy (non-hydrogen) atoms. The summed E-state index contributed by atoms with van der Waals surface area (Å²) in [5, 5.41) is 25.3. The van der Waals surface area contributed by atoms with Gasteiger partial charge in [0.15, 0.2) is 5.82 Å². The number of phenols is 1. The van der Waals surface area contributed by atoms with Crippen LogP contribution >= 0.6 is 0 Å². The molecule has 8 heteroatoms. The number of anilines is 1. The van der Waals surface area contributed by atoms with Gasteiger partial charge in [0.05, 0.1) is 11.0 Å². The second-order valence-corrected chi connectivity index (χ2v) is 9.52. The first-order valence-corrected chi connectivity index (χ1v) is 11.6. The van der Waals surface area contributed by atoms with Crippen LogP contribution in [0.15, 0.2) is 18.2 Å². The van der Waals surface area contributed by atoms with Crippen LogP contribution in [0.4, 0.5) is 5.82 Å². The van der Waals surface area contributed by atoms with Gasteiger partial charge in [0.25, 0.3) is 0 Å². The highest BCUT2D eigenvalue weighted by atomic mass is 16.5. The van der Waals surface area contributed by atoms with Crippen molar-refractivity contribution in [3.05, 3.63) is 24.0 Å². The third-order valence-electron chi connectivity index (χ3n) is 6.39. The van der Waals surface area contributed by atoms with Crippen LogP contribution in [0.3, 0.4) is 0 Å². The minimum atomic E-state index is -0.553. The summed E-state index contributed by atoms with van der Waals surface area (Å²) in [7, 11) is 0. The van der Waals surface area contributed by atoms with Gasteiger partial charge in [-0.25, -0.2) is 9.97 Å². The van der Waals surface area contributed by atoms with Gasteiger partial charge in [-0.05, 0) is 57.7 Å². The Hall–Kier alpha value is -2.42. The van der Waals surface area contributed by atoms with E-state index in [0.29, 0.717) is 36.6 Å². The van der Waals surface area contributed by atoms with Gasteiger partial charge in [-0.2, -0.15) is 0 Å². The second-order valence-electron chi connectivity index (χ2n) is 9.52. The molecule has 0 bridgehead atoms. The Morgan fingerprint density at radius 3 is 2.72 bits per heavy atom. The number of nitrogen functional groups attached to an aromatic ring is 1. The van der Waals surface area contributed by atoms with Crippen LogP contribution in [0.1, 0.15) is 58.7 Å². The zero-order chi connectivity index (χ0) is 22.9. The number of aliphatic hydroxyl groups is 1. The fraction of sp³-hybridized carbons (Fsp3) is 0.583. The number of aromatic hydroxyl groups is 1. The molecule has 0 saturated heterocycles. The number of fused-ring (bicyclic) bond motifs is 3. The molecule has 2 heterocycles. The maximum absolute atomic E-state index is 10.9. The molecule has 0 spiro atoms. The molecule has 3 aromatic rings. The first-order chi connectivity index (χ1) is 15.3. The van der Waals surface area contributed by atoms with Crippen LogP contribution in [-0.2, 0) is 17.9 Å². The summed E-state index contributed by atoms with van der Waals surface area (Å²) in [6.45, 7) is 7.57. The predicted molar refractivity (Wildman–Crippen MR) is 126 cm³/mol. The molecule has 4 rings (SSSR count). The molecule has 0 amide bonds. The zero-order valence-corrected chi connectivity index (χ0v) is 19.3. The van der Waals surface area contributed by atoms with Gasteiger partial charge in [-0.3, -0.25) is 5.32 Å². The Kier molecular flexibility index (Phi) is 6.55. The summed E-state index contributed by atoms with van der Waals surface area (Å²) in [4.78, 5) is 9.24. The van der Waals surface area contributed by atoms with Crippen molar-refractivity contribution in [1.29, 1.82) is 0 Å². The molecular weight excluding hydrogens is 406 g/mol. The van der Waals surface area contributed by atoms with E-state index in [1.165, 1.54) is 19.3 Å². The largest absolute Gasteiger partial charge is 0.508 e. The van der Waals surface area contributed by atoms with E-state index in [4.69, 9.17) is 15.5 Å². The van der Waals surface area contributed by atoms with E-state index in [0.717, 1.165) is 29.6 Å². The molecule has 1 aliphatic rings. The highest BCUT2D eigenvalue weighted by Crippen LogP contribution is 2.32. The van der Waals surface area contributed by atoms with Crippen molar-refractivity contribution >= 4 is 27.8 Å². The Bertz CT molecular complexity index is 1090. The average molecular weight is 442 g/mol. The van der Waals surface area contributed by atoms with Crippen molar-refractivity contribution < 1.29 is 14.9 Å². The van der Waals surface area contributed by atoms with Crippen molar-refractivity contribution in [2.45, 2.75) is 77.8 Å². The molecule has 1 aliphatic carbocycles. The van der Waals surface area contributed by atoms with E-state index in [9.17, 15) is 10.2 Å². The number of imidazole rings is 1. The van der Waals surface area contributed by atoms with Crippen molar-refractivity contribution in [3.8, 4) is 5.75 Å². The lowest BCUT2D eigenvalue weighted by Gasteiger charge is -2.35. The van der Waals surface area contributed by atoms with Gasteiger partial charge < -0.3 is 25.3 Å². The SMILES string of the molecule is CCOCc1nc2c(N)nc3ccc(O)cc3c2n1CC(C)(C)NC(O)C1CCCCC1. The summed E-state index contributed by atoms with van der Waals surface area (Å²) in [6, 6.07) is 5.06. The second kappa shape index (κ2) is 9.21. The summed E-state index contributed by atoms with van der Waals surface area (Å²) in [5.41, 5.74) is 7.96. The van der Waals surface area contributed by atoms with Crippen LogP contribution in [0, 0.1) is 5.92 Å². The van der Waals surface area contributed by atoms with E-state index in [-0.39, 0.29) is 11.7 Å². The number of rotatable bonds is 8. The number of hydrogen-bond donors (Lipinski definition) is 4. The monoisotopic (exact) mass is 441 g/mol. The van der Waals surface area contributed by atoms with Crippen LogP contribution in [-0.4, -0.2) is 43.1 Å². The van der Waals surface area contributed by atoms with Gasteiger partial charge in [0, 0.05) is 24.1 Å². The van der Waals surface area contributed by atoms with E-state index < -0.39 is 11.8 Å². The number of nitrogens with one attached hydrogen (secondary N) is 1. The molecule has 0 aliphatic heterocycles. The number of nitrogens with zero attached hydrogens (tertiary/aromatic N) is 3. The highest BCUT2D eigenvalue weighted by Gasteiger charge is 2.30. The lowest BCUT2D eigenvalue weighted by Crippen LogP contribution is -2.51. The van der Waals surface area contributed by atoms with Crippen molar-refractivity contribution in [2.75, 3.05) is 12.3 Å². The topological polar surface area (TPSA) is 118 Å². The van der Waals surface area contributed by atoms with Gasteiger partial charge in [0.1, 0.15) is 29.9 Å². The van der Waals surface area contributed by atoms with Gasteiger partial charge in [-0.15, -0.1) is 0 Å². The van der Waals surface area contributed by atoms with Crippen molar-refractivity contribution in [3.63, 3.8) is 0 Å².